The van der Waals surface area contributed by atoms with Crippen molar-refractivity contribution in [2.24, 2.45) is 0 Å². The average molecular weight is 353 g/mol. The van der Waals surface area contributed by atoms with Gasteiger partial charge in [0.05, 0.1) is 11.7 Å². The van der Waals surface area contributed by atoms with Crippen LogP contribution >= 0.6 is 0 Å². The maximum Gasteiger partial charge on any atom is 0.223 e. The highest BCUT2D eigenvalue weighted by atomic mass is 16.2. The molecule has 0 saturated carbocycles. The molecule has 1 aliphatic rings. The fraction of sp³-hybridized carbons (Fsp3) is 0.476. The van der Waals surface area contributed by atoms with Crippen molar-refractivity contribution in [2.75, 3.05) is 6.54 Å². The molecule has 1 amide bonds. The van der Waals surface area contributed by atoms with Crippen LogP contribution in [0.15, 0.2) is 30.5 Å². The van der Waals surface area contributed by atoms with Gasteiger partial charge in [-0.1, -0.05) is 29.8 Å². The largest absolute Gasteiger partial charge is 0.338 e. The molecule has 0 saturated heterocycles. The third-order valence-electron chi connectivity index (χ3n) is 4.86. The fourth-order valence-corrected chi connectivity index (χ4v) is 3.39. The number of fused-ring (bicyclic) bond motifs is 1. The Balaban J connectivity index is 1.59. The Bertz CT molecular complexity index is 813. The Morgan fingerprint density at radius 1 is 1.12 bits per heavy atom. The van der Waals surface area contributed by atoms with E-state index in [2.05, 4.69) is 30.6 Å². The van der Waals surface area contributed by atoms with E-state index in [0.29, 0.717) is 18.7 Å². The molecule has 138 valence electrons. The van der Waals surface area contributed by atoms with Crippen molar-refractivity contribution in [2.45, 2.75) is 59.0 Å². The van der Waals surface area contributed by atoms with E-state index in [4.69, 9.17) is 0 Å². The molecule has 0 bridgehead atoms. The summed E-state index contributed by atoms with van der Waals surface area (Å²) in [5.41, 5.74) is 4.08. The third-order valence-corrected chi connectivity index (χ3v) is 4.86. The summed E-state index contributed by atoms with van der Waals surface area (Å²) in [7, 11) is 0. The minimum Gasteiger partial charge on any atom is -0.338 e. The molecule has 0 spiro atoms. The fourth-order valence-electron chi connectivity index (χ4n) is 3.39. The Labute approximate surface area is 155 Å². The number of hydrogen-bond acceptors (Lipinski definition) is 3. The minimum absolute atomic E-state index is 0.0246. The van der Waals surface area contributed by atoms with E-state index in [-0.39, 0.29) is 30.1 Å². The van der Waals surface area contributed by atoms with Crippen molar-refractivity contribution in [3.63, 3.8) is 0 Å². The number of Topliss-reactive ketones (excluding diaryl/α,β-unsaturated/α-hetero) is 1. The zero-order valence-electron chi connectivity index (χ0n) is 16.1. The topological polar surface area (TPSA) is 55.2 Å². The highest BCUT2D eigenvalue weighted by molar-refractivity contribution is 5.98. The van der Waals surface area contributed by atoms with Crippen LogP contribution in [0.2, 0.25) is 0 Å². The molecule has 1 aliphatic heterocycles. The average Bonchev–Trinajstić information content (AvgIpc) is 3.03. The van der Waals surface area contributed by atoms with Gasteiger partial charge in [0.1, 0.15) is 0 Å². The van der Waals surface area contributed by atoms with E-state index < -0.39 is 0 Å². The van der Waals surface area contributed by atoms with Gasteiger partial charge in [0.2, 0.25) is 5.91 Å². The number of ketones is 1. The molecule has 1 aromatic heterocycles. The van der Waals surface area contributed by atoms with E-state index in [0.717, 1.165) is 17.5 Å². The third kappa shape index (κ3) is 3.87. The lowest BCUT2D eigenvalue weighted by atomic mass is 10.0. The summed E-state index contributed by atoms with van der Waals surface area (Å²) in [4.78, 5) is 26.7. The van der Waals surface area contributed by atoms with Gasteiger partial charge in [-0.2, -0.15) is 5.10 Å². The Morgan fingerprint density at radius 2 is 1.81 bits per heavy atom. The van der Waals surface area contributed by atoms with Gasteiger partial charge >= 0.3 is 0 Å². The lowest BCUT2D eigenvalue weighted by Crippen LogP contribution is -2.37. The monoisotopic (exact) mass is 353 g/mol. The lowest BCUT2D eigenvalue weighted by Gasteiger charge is -2.30. The molecule has 0 aliphatic carbocycles. The van der Waals surface area contributed by atoms with E-state index in [1.165, 1.54) is 5.69 Å². The zero-order chi connectivity index (χ0) is 18.9. The Morgan fingerprint density at radius 3 is 2.46 bits per heavy atom. The van der Waals surface area contributed by atoms with Gasteiger partial charge in [-0.15, -0.1) is 0 Å². The molecule has 0 fully saturated rings. The molecule has 2 aromatic rings. The first-order valence-corrected chi connectivity index (χ1v) is 9.19. The summed E-state index contributed by atoms with van der Waals surface area (Å²) < 4.78 is 2.06. The molecule has 3 rings (SSSR count). The van der Waals surface area contributed by atoms with Gasteiger partial charge in [-0.3, -0.25) is 14.3 Å². The molecule has 0 N–H and O–H groups in total. The second-order valence-corrected chi connectivity index (χ2v) is 8.05. The van der Waals surface area contributed by atoms with E-state index in [1.54, 1.807) is 0 Å². The van der Waals surface area contributed by atoms with Crippen LogP contribution in [-0.2, 0) is 23.3 Å². The Hall–Kier alpha value is -2.43. The molecule has 1 aromatic carbocycles. The summed E-state index contributed by atoms with van der Waals surface area (Å²) in [6.07, 6.45) is 3.20. The normalized spacial score (nSPS) is 14.2. The molecule has 0 radical (unpaired) electrons. The number of amides is 1. The maximum absolute atomic E-state index is 12.5. The quantitative estimate of drug-likeness (QED) is 0.791. The minimum atomic E-state index is -0.0553. The molecular weight excluding hydrogens is 326 g/mol. The second kappa shape index (κ2) is 7.06. The second-order valence-electron chi connectivity index (χ2n) is 8.05. The number of nitrogens with zero attached hydrogens (tertiary/aromatic N) is 3. The van der Waals surface area contributed by atoms with E-state index in [9.17, 15) is 9.59 Å². The molecule has 0 unspecified atom stereocenters. The standard InChI is InChI=1S/C21H27N3O2/c1-15-5-7-16(8-6-15)19(25)9-10-20(26)23-12-11-18-17(14-23)13-22-24(18)21(2,3)4/h5-8,13H,9-12,14H2,1-4H3. The number of aryl methyl sites for hydroxylation is 1. The summed E-state index contributed by atoms with van der Waals surface area (Å²) in [5, 5.41) is 4.51. The van der Waals surface area contributed by atoms with Crippen molar-refractivity contribution in [3.8, 4) is 0 Å². The highest BCUT2D eigenvalue weighted by Crippen LogP contribution is 2.24. The molecule has 0 atom stereocenters. The first kappa shape index (κ1) is 18.4. The van der Waals surface area contributed by atoms with Crippen LogP contribution in [0, 0.1) is 6.92 Å². The molecule has 26 heavy (non-hydrogen) atoms. The van der Waals surface area contributed by atoms with Gasteiger partial charge in [0.15, 0.2) is 5.78 Å². The van der Waals surface area contributed by atoms with Gasteiger partial charge in [0.25, 0.3) is 0 Å². The Kier molecular flexibility index (Phi) is 4.99. The van der Waals surface area contributed by atoms with Crippen LogP contribution in [0.1, 0.15) is 60.8 Å². The van der Waals surface area contributed by atoms with Gasteiger partial charge in [-0.25, -0.2) is 0 Å². The van der Waals surface area contributed by atoms with Crippen molar-refractivity contribution in [1.82, 2.24) is 14.7 Å². The van der Waals surface area contributed by atoms with Crippen LogP contribution in [0.5, 0.6) is 0 Å². The number of benzene rings is 1. The van der Waals surface area contributed by atoms with E-state index in [1.807, 2.05) is 42.3 Å². The summed E-state index contributed by atoms with van der Waals surface area (Å²) in [6.45, 7) is 9.66. The number of carbonyl (C=O) groups excluding carboxylic acids is 2. The molecule has 5 nitrogen and oxygen atoms in total. The smallest absolute Gasteiger partial charge is 0.223 e. The van der Waals surface area contributed by atoms with Gasteiger partial charge in [0, 0.05) is 49.2 Å². The summed E-state index contributed by atoms with van der Waals surface area (Å²) in [5.74, 6) is 0.0659. The predicted molar refractivity (Wildman–Crippen MR) is 101 cm³/mol. The zero-order valence-corrected chi connectivity index (χ0v) is 16.1. The van der Waals surface area contributed by atoms with Crippen molar-refractivity contribution < 1.29 is 9.59 Å². The summed E-state index contributed by atoms with van der Waals surface area (Å²) in [6, 6.07) is 7.51. The van der Waals surface area contributed by atoms with E-state index >= 15 is 0 Å². The van der Waals surface area contributed by atoms with Gasteiger partial charge < -0.3 is 4.90 Å². The predicted octanol–water partition coefficient (Wildman–Crippen LogP) is 3.49. The van der Waals surface area contributed by atoms with Crippen LogP contribution in [0.4, 0.5) is 0 Å². The first-order chi connectivity index (χ1) is 12.3. The van der Waals surface area contributed by atoms with Crippen molar-refractivity contribution in [1.29, 1.82) is 0 Å². The summed E-state index contributed by atoms with van der Waals surface area (Å²) >= 11 is 0. The number of rotatable bonds is 4. The van der Waals surface area contributed by atoms with Crippen LogP contribution < -0.4 is 0 Å². The molecular formula is C21H27N3O2. The van der Waals surface area contributed by atoms with Crippen LogP contribution in [0.25, 0.3) is 0 Å². The highest BCUT2D eigenvalue weighted by Gasteiger charge is 2.27. The molecule has 5 heteroatoms. The number of hydrogen-bond donors (Lipinski definition) is 0. The maximum atomic E-state index is 12.5. The van der Waals surface area contributed by atoms with Crippen molar-refractivity contribution >= 4 is 11.7 Å². The number of aromatic nitrogens is 2. The number of carbonyl (C=O) groups is 2. The van der Waals surface area contributed by atoms with Crippen LogP contribution in [-0.4, -0.2) is 32.9 Å². The lowest BCUT2D eigenvalue weighted by molar-refractivity contribution is -0.132. The SMILES string of the molecule is Cc1ccc(C(=O)CCC(=O)N2CCc3c(cnn3C(C)(C)C)C2)cc1. The van der Waals surface area contributed by atoms with Gasteiger partial charge in [-0.05, 0) is 27.7 Å². The first-order valence-electron chi connectivity index (χ1n) is 9.19. The van der Waals surface area contributed by atoms with Crippen molar-refractivity contribution in [3.05, 3.63) is 52.8 Å². The molecule has 2 heterocycles. The van der Waals surface area contributed by atoms with Crippen LogP contribution in [0.3, 0.4) is 0 Å².